The van der Waals surface area contributed by atoms with Gasteiger partial charge < -0.3 is 10.2 Å². The highest BCUT2D eigenvalue weighted by molar-refractivity contribution is 7.12. The lowest BCUT2D eigenvalue weighted by Gasteiger charge is -2.34. The first-order chi connectivity index (χ1) is 13.7. The van der Waals surface area contributed by atoms with Crippen LogP contribution in [0.25, 0.3) is 5.82 Å². The molecule has 0 aromatic carbocycles. The molecule has 1 atom stereocenters. The van der Waals surface area contributed by atoms with Crippen molar-refractivity contribution in [3.05, 3.63) is 65.0 Å². The fourth-order valence-corrected chi connectivity index (χ4v) is 4.08. The second-order valence-electron chi connectivity index (χ2n) is 6.70. The van der Waals surface area contributed by atoms with Crippen LogP contribution in [0.2, 0.25) is 0 Å². The zero-order valence-corrected chi connectivity index (χ0v) is 16.1. The molecule has 144 valence electrons. The minimum absolute atomic E-state index is 0.0545. The summed E-state index contributed by atoms with van der Waals surface area (Å²) < 4.78 is 1.81. The second-order valence-corrected chi connectivity index (χ2v) is 7.65. The number of hydrogen-bond donors (Lipinski definition) is 1. The Balaban J connectivity index is 1.42. The summed E-state index contributed by atoms with van der Waals surface area (Å²) in [6.07, 6.45) is 9.48. The normalized spacial score (nSPS) is 16.7. The minimum Gasteiger partial charge on any atom is -0.350 e. The maximum absolute atomic E-state index is 12.8. The first-order valence-corrected chi connectivity index (χ1v) is 10.2. The second kappa shape index (κ2) is 8.35. The van der Waals surface area contributed by atoms with Crippen molar-refractivity contribution in [3.8, 4) is 5.82 Å². The Morgan fingerprint density at radius 3 is 2.96 bits per heavy atom. The van der Waals surface area contributed by atoms with Gasteiger partial charge in [-0.15, -0.1) is 11.3 Å². The predicted octanol–water partition coefficient (Wildman–Crippen LogP) is 2.64. The lowest BCUT2D eigenvalue weighted by Crippen LogP contribution is -2.51. The number of carbonyl (C=O) groups is 2. The van der Waals surface area contributed by atoms with Crippen LogP contribution in [-0.2, 0) is 11.3 Å². The van der Waals surface area contributed by atoms with E-state index in [2.05, 4.69) is 15.3 Å². The van der Waals surface area contributed by atoms with Crippen LogP contribution < -0.4 is 5.32 Å². The highest BCUT2D eigenvalue weighted by Gasteiger charge is 2.32. The highest BCUT2D eigenvalue weighted by atomic mass is 32.1. The smallest absolute Gasteiger partial charge is 0.264 e. The molecule has 7 nitrogen and oxygen atoms in total. The average Bonchev–Trinajstić information content (AvgIpc) is 3.46. The molecule has 4 heterocycles. The van der Waals surface area contributed by atoms with Gasteiger partial charge in [-0.1, -0.05) is 6.07 Å². The van der Waals surface area contributed by atoms with Gasteiger partial charge in [-0.3, -0.25) is 14.2 Å². The number of nitrogens with one attached hydrogen (secondary N) is 1. The molecule has 1 aliphatic rings. The average molecular weight is 395 g/mol. The Hall–Kier alpha value is -3.00. The number of carbonyl (C=O) groups excluding carboxylic acids is 2. The number of thiophene rings is 1. The molecule has 1 aliphatic heterocycles. The van der Waals surface area contributed by atoms with E-state index < -0.39 is 6.04 Å². The summed E-state index contributed by atoms with van der Waals surface area (Å²) in [5.41, 5.74) is 0.944. The third-order valence-corrected chi connectivity index (χ3v) is 5.70. The number of aromatic nitrogens is 3. The zero-order valence-electron chi connectivity index (χ0n) is 15.3. The standard InChI is InChI=1S/C20H21N5O2S/c26-19(16-4-1-2-9-25(16)20(27)17-5-3-11-28-17)23-13-15-6-7-22-18(12-15)24-10-8-21-14-24/h3,5-8,10-12,14,16H,1-2,4,9,13H2,(H,23,26). The fraction of sp³-hybridized carbons (Fsp3) is 0.300. The molecule has 2 amide bonds. The molecule has 0 saturated carbocycles. The summed E-state index contributed by atoms with van der Waals surface area (Å²) in [5.74, 6) is 0.586. The monoisotopic (exact) mass is 395 g/mol. The minimum atomic E-state index is -0.418. The molecular weight excluding hydrogens is 374 g/mol. The van der Waals surface area contributed by atoms with Gasteiger partial charge in [0.2, 0.25) is 5.91 Å². The van der Waals surface area contributed by atoms with E-state index >= 15 is 0 Å². The van der Waals surface area contributed by atoms with Crippen LogP contribution in [0.3, 0.4) is 0 Å². The van der Waals surface area contributed by atoms with Gasteiger partial charge in [-0.2, -0.15) is 0 Å². The maximum Gasteiger partial charge on any atom is 0.264 e. The fourth-order valence-electron chi connectivity index (χ4n) is 3.40. The van der Waals surface area contributed by atoms with Crippen molar-refractivity contribution in [2.75, 3.05) is 6.54 Å². The number of likely N-dealkylation sites (tertiary alicyclic amines) is 1. The van der Waals surface area contributed by atoms with Crippen molar-refractivity contribution >= 4 is 23.2 Å². The predicted molar refractivity (Wildman–Crippen MR) is 106 cm³/mol. The van der Waals surface area contributed by atoms with E-state index in [1.807, 2.05) is 40.4 Å². The van der Waals surface area contributed by atoms with Crippen LogP contribution in [0, 0.1) is 0 Å². The van der Waals surface area contributed by atoms with Gasteiger partial charge in [-0.25, -0.2) is 9.97 Å². The first kappa shape index (κ1) is 18.4. The quantitative estimate of drug-likeness (QED) is 0.720. The molecule has 3 aromatic rings. The van der Waals surface area contributed by atoms with Crippen molar-refractivity contribution in [3.63, 3.8) is 0 Å². The Morgan fingerprint density at radius 2 is 2.18 bits per heavy atom. The van der Waals surface area contributed by atoms with Gasteiger partial charge in [-0.05, 0) is 48.4 Å². The van der Waals surface area contributed by atoms with Crippen LogP contribution >= 0.6 is 11.3 Å². The van der Waals surface area contributed by atoms with Gasteiger partial charge in [0, 0.05) is 31.7 Å². The molecule has 28 heavy (non-hydrogen) atoms. The number of hydrogen-bond acceptors (Lipinski definition) is 5. The van der Waals surface area contributed by atoms with Gasteiger partial charge >= 0.3 is 0 Å². The summed E-state index contributed by atoms with van der Waals surface area (Å²) in [6.45, 7) is 1.01. The molecule has 1 unspecified atom stereocenters. The Bertz CT molecular complexity index is 939. The van der Waals surface area contributed by atoms with Gasteiger partial charge in [0.25, 0.3) is 5.91 Å². The van der Waals surface area contributed by atoms with E-state index in [-0.39, 0.29) is 11.8 Å². The van der Waals surface area contributed by atoms with E-state index in [0.717, 1.165) is 24.2 Å². The van der Waals surface area contributed by atoms with Crippen molar-refractivity contribution < 1.29 is 9.59 Å². The third-order valence-electron chi connectivity index (χ3n) is 4.84. The molecule has 1 saturated heterocycles. The molecule has 1 fully saturated rings. The van der Waals surface area contributed by atoms with E-state index in [0.29, 0.717) is 24.4 Å². The number of imidazole rings is 1. The molecule has 3 aromatic heterocycles. The summed E-state index contributed by atoms with van der Waals surface area (Å²) in [7, 11) is 0. The van der Waals surface area contributed by atoms with Gasteiger partial charge in [0.05, 0.1) is 4.88 Å². The Morgan fingerprint density at radius 1 is 1.25 bits per heavy atom. The molecule has 0 aliphatic carbocycles. The molecule has 0 bridgehead atoms. The summed E-state index contributed by atoms with van der Waals surface area (Å²) in [5, 5.41) is 4.87. The number of rotatable bonds is 5. The molecule has 1 N–H and O–H groups in total. The summed E-state index contributed by atoms with van der Waals surface area (Å²) in [6, 6.07) is 7.04. The molecule has 8 heteroatoms. The lowest BCUT2D eigenvalue weighted by atomic mass is 10.0. The SMILES string of the molecule is O=C(NCc1ccnc(-n2ccnc2)c1)C1CCCCN1C(=O)c1cccs1. The molecule has 4 rings (SSSR count). The van der Waals surface area contributed by atoms with E-state index in [9.17, 15) is 9.59 Å². The van der Waals surface area contributed by atoms with Crippen LogP contribution in [-0.4, -0.2) is 43.8 Å². The highest BCUT2D eigenvalue weighted by Crippen LogP contribution is 2.22. The largest absolute Gasteiger partial charge is 0.350 e. The van der Waals surface area contributed by atoms with Crippen molar-refractivity contribution in [1.29, 1.82) is 0 Å². The third kappa shape index (κ3) is 3.96. The van der Waals surface area contributed by atoms with Crippen LogP contribution in [0.4, 0.5) is 0 Å². The number of pyridine rings is 1. The zero-order chi connectivity index (χ0) is 19.3. The van der Waals surface area contributed by atoms with Crippen molar-refractivity contribution in [1.82, 2.24) is 24.8 Å². The summed E-state index contributed by atoms with van der Waals surface area (Å²) >= 11 is 1.41. The number of nitrogens with zero attached hydrogens (tertiary/aromatic N) is 4. The topological polar surface area (TPSA) is 80.1 Å². The van der Waals surface area contributed by atoms with Crippen molar-refractivity contribution in [2.24, 2.45) is 0 Å². The molecule has 0 radical (unpaired) electrons. The van der Waals surface area contributed by atoms with Gasteiger partial charge in [0.15, 0.2) is 0 Å². The van der Waals surface area contributed by atoms with Crippen LogP contribution in [0.1, 0.15) is 34.5 Å². The van der Waals surface area contributed by atoms with E-state index in [1.165, 1.54) is 11.3 Å². The Labute approximate surface area is 167 Å². The van der Waals surface area contributed by atoms with E-state index in [4.69, 9.17) is 0 Å². The first-order valence-electron chi connectivity index (χ1n) is 9.28. The van der Waals surface area contributed by atoms with Crippen LogP contribution in [0.15, 0.2) is 54.6 Å². The summed E-state index contributed by atoms with van der Waals surface area (Å²) in [4.78, 5) is 36.3. The van der Waals surface area contributed by atoms with Crippen LogP contribution in [0.5, 0.6) is 0 Å². The molecular formula is C20H21N5O2S. The van der Waals surface area contributed by atoms with E-state index in [1.54, 1.807) is 23.6 Å². The Kier molecular flexibility index (Phi) is 5.48. The van der Waals surface area contributed by atoms with Crippen molar-refractivity contribution in [2.45, 2.75) is 31.8 Å². The molecule has 0 spiro atoms. The number of piperidine rings is 1. The maximum atomic E-state index is 12.8. The number of amides is 2. The lowest BCUT2D eigenvalue weighted by molar-refractivity contribution is -0.126. The van der Waals surface area contributed by atoms with Gasteiger partial charge in [0.1, 0.15) is 18.2 Å².